The quantitative estimate of drug-likeness (QED) is 0.778. The molecule has 140 valence electrons. The van der Waals surface area contributed by atoms with E-state index in [0.29, 0.717) is 11.8 Å². The van der Waals surface area contributed by atoms with Crippen LogP contribution in [-0.4, -0.2) is 54.1 Å². The third-order valence-corrected chi connectivity index (χ3v) is 7.57. The summed E-state index contributed by atoms with van der Waals surface area (Å²) in [5.74, 6) is 1.17. The Bertz CT molecular complexity index is 679. The van der Waals surface area contributed by atoms with Gasteiger partial charge >= 0.3 is 5.97 Å². The molecule has 4 heterocycles. The predicted octanol–water partition coefficient (Wildman–Crippen LogP) is 3.03. The number of piperidine rings is 3. The van der Waals surface area contributed by atoms with Crippen molar-refractivity contribution in [3.63, 3.8) is 0 Å². The van der Waals surface area contributed by atoms with E-state index in [0.717, 1.165) is 31.7 Å². The molecule has 26 heavy (non-hydrogen) atoms. The Labute approximate surface area is 156 Å². The van der Waals surface area contributed by atoms with E-state index in [9.17, 15) is 4.79 Å². The number of benzene rings is 1. The highest BCUT2D eigenvalue weighted by atomic mass is 16.6. The van der Waals surface area contributed by atoms with Crippen molar-refractivity contribution in [2.24, 2.45) is 11.8 Å². The molecule has 0 amide bonds. The summed E-state index contributed by atoms with van der Waals surface area (Å²) in [6.45, 7) is 7.32. The fraction of sp³-hybridized carbons (Fsp3) is 0.682. The van der Waals surface area contributed by atoms with E-state index in [1.54, 1.807) is 0 Å². The van der Waals surface area contributed by atoms with Gasteiger partial charge in [0.15, 0.2) is 0 Å². The van der Waals surface area contributed by atoms with E-state index in [4.69, 9.17) is 4.74 Å². The number of carbonyl (C=O) groups excluding carboxylic acids is 1. The molecule has 0 N–H and O–H groups in total. The van der Waals surface area contributed by atoms with Gasteiger partial charge < -0.3 is 4.74 Å². The standard InChI is InChI=1S/C22H30N2O2/c1-21(17-9-5-4-6-10-17,24-12-7-2-3-8-13-24)20(25)26-22-16-23-14-11-18(22)19(22)15-23/h4-6,9-10,18-19H,2-3,7-8,11-16H2,1H3/t18?,19?,21?,22-/m1/s1. The van der Waals surface area contributed by atoms with Crippen LogP contribution in [-0.2, 0) is 15.1 Å². The third kappa shape index (κ3) is 2.38. The van der Waals surface area contributed by atoms with Gasteiger partial charge in [-0.3, -0.25) is 9.80 Å². The maximum absolute atomic E-state index is 13.7. The lowest BCUT2D eigenvalue weighted by Gasteiger charge is -2.40. The van der Waals surface area contributed by atoms with E-state index in [1.165, 1.54) is 38.6 Å². The van der Waals surface area contributed by atoms with Crippen LogP contribution in [0.4, 0.5) is 0 Å². The summed E-state index contributed by atoms with van der Waals surface area (Å²) >= 11 is 0. The summed E-state index contributed by atoms with van der Waals surface area (Å²) in [6.07, 6.45) is 6.06. The molecule has 4 nitrogen and oxygen atoms in total. The molecule has 4 heteroatoms. The number of likely N-dealkylation sites (tertiary alicyclic amines) is 1. The molecule has 0 spiro atoms. The smallest absolute Gasteiger partial charge is 0.331 e. The fourth-order valence-electron chi connectivity index (χ4n) is 5.89. The molecule has 0 aromatic heterocycles. The van der Waals surface area contributed by atoms with Gasteiger partial charge in [0.25, 0.3) is 0 Å². The van der Waals surface area contributed by atoms with Crippen molar-refractivity contribution in [1.82, 2.24) is 9.80 Å². The summed E-state index contributed by atoms with van der Waals surface area (Å²) in [5, 5.41) is 0. The first-order chi connectivity index (χ1) is 12.6. The molecule has 4 aliphatic heterocycles. The molecule has 6 rings (SSSR count). The molecule has 1 saturated carbocycles. The Morgan fingerprint density at radius 2 is 1.81 bits per heavy atom. The van der Waals surface area contributed by atoms with Crippen LogP contribution in [0.3, 0.4) is 0 Å². The first-order valence-electron chi connectivity index (χ1n) is 10.4. The second kappa shape index (κ2) is 6.07. The minimum Gasteiger partial charge on any atom is -0.455 e. The Morgan fingerprint density at radius 3 is 2.38 bits per heavy atom. The molecule has 0 radical (unpaired) electrons. The van der Waals surface area contributed by atoms with Gasteiger partial charge in [0, 0.05) is 24.9 Å². The number of hydrogen-bond donors (Lipinski definition) is 0. The third-order valence-electron chi connectivity index (χ3n) is 7.57. The molecule has 4 bridgehead atoms. The maximum Gasteiger partial charge on any atom is 0.331 e. The van der Waals surface area contributed by atoms with E-state index < -0.39 is 5.54 Å². The predicted molar refractivity (Wildman–Crippen MR) is 101 cm³/mol. The van der Waals surface area contributed by atoms with Gasteiger partial charge in [0.2, 0.25) is 0 Å². The monoisotopic (exact) mass is 354 g/mol. The SMILES string of the molecule is CC(C(=O)O[C@]12CN3CCC1C2C3)(c1ccccc1)N1CCCCCC1. The summed E-state index contributed by atoms with van der Waals surface area (Å²) in [5.41, 5.74) is 0.228. The molecule has 5 atom stereocenters. The lowest BCUT2D eigenvalue weighted by atomic mass is 9.89. The van der Waals surface area contributed by atoms with Crippen LogP contribution in [0.15, 0.2) is 30.3 Å². The molecule has 1 aliphatic carbocycles. The van der Waals surface area contributed by atoms with Gasteiger partial charge in [-0.05, 0) is 51.4 Å². The number of nitrogens with zero attached hydrogens (tertiary/aromatic N) is 2. The van der Waals surface area contributed by atoms with Gasteiger partial charge in [-0.25, -0.2) is 4.79 Å². The lowest BCUT2D eigenvalue weighted by molar-refractivity contribution is -0.168. The molecule has 1 aromatic rings. The summed E-state index contributed by atoms with van der Waals surface area (Å²) in [6, 6.07) is 10.3. The number of esters is 1. The van der Waals surface area contributed by atoms with Gasteiger partial charge in [-0.2, -0.15) is 0 Å². The molecule has 1 aromatic carbocycles. The average Bonchev–Trinajstić information content (AvgIpc) is 3.29. The zero-order chi connectivity index (χ0) is 17.8. The summed E-state index contributed by atoms with van der Waals surface area (Å²) in [7, 11) is 0. The Hall–Kier alpha value is -1.39. The Kier molecular flexibility index (Phi) is 3.91. The van der Waals surface area contributed by atoms with Crippen molar-refractivity contribution in [3.8, 4) is 0 Å². The van der Waals surface area contributed by atoms with Crippen molar-refractivity contribution in [1.29, 1.82) is 0 Å². The average molecular weight is 354 g/mol. The van der Waals surface area contributed by atoms with Gasteiger partial charge in [0.1, 0.15) is 11.1 Å². The van der Waals surface area contributed by atoms with E-state index >= 15 is 0 Å². The maximum atomic E-state index is 13.7. The second-order valence-electron chi connectivity index (χ2n) is 8.92. The highest BCUT2D eigenvalue weighted by Gasteiger charge is 2.74. The van der Waals surface area contributed by atoms with E-state index in [1.807, 2.05) is 18.2 Å². The van der Waals surface area contributed by atoms with Crippen LogP contribution in [0.2, 0.25) is 0 Å². The first kappa shape index (κ1) is 16.8. The van der Waals surface area contributed by atoms with Crippen molar-refractivity contribution < 1.29 is 9.53 Å². The number of fused-ring (bicyclic) bond motifs is 1. The molecule has 4 saturated heterocycles. The normalized spacial score (nSPS) is 38.3. The number of ether oxygens (including phenoxy) is 1. The topological polar surface area (TPSA) is 32.8 Å². The van der Waals surface area contributed by atoms with Crippen LogP contribution in [0.25, 0.3) is 0 Å². The van der Waals surface area contributed by atoms with Crippen molar-refractivity contribution >= 4 is 5.97 Å². The molecule has 5 fully saturated rings. The largest absolute Gasteiger partial charge is 0.455 e. The number of rotatable bonds is 4. The minimum atomic E-state index is -0.676. The summed E-state index contributed by atoms with van der Waals surface area (Å²) < 4.78 is 6.40. The molecule has 4 unspecified atom stereocenters. The van der Waals surface area contributed by atoms with Crippen LogP contribution in [0.5, 0.6) is 0 Å². The molecular weight excluding hydrogens is 324 g/mol. The number of hydrogen-bond acceptors (Lipinski definition) is 4. The number of carbonyl (C=O) groups is 1. The van der Waals surface area contributed by atoms with Crippen molar-refractivity contribution in [2.45, 2.75) is 50.2 Å². The van der Waals surface area contributed by atoms with Gasteiger partial charge in [-0.15, -0.1) is 0 Å². The zero-order valence-electron chi connectivity index (χ0n) is 15.8. The lowest BCUT2D eigenvalue weighted by Crippen LogP contribution is -2.53. The van der Waals surface area contributed by atoms with Crippen LogP contribution < -0.4 is 0 Å². The minimum absolute atomic E-state index is 0.0261. The molecule has 5 aliphatic rings. The Morgan fingerprint density at radius 1 is 1.08 bits per heavy atom. The Balaban J connectivity index is 1.45. The van der Waals surface area contributed by atoms with Crippen molar-refractivity contribution in [2.75, 3.05) is 32.7 Å². The highest BCUT2D eigenvalue weighted by molar-refractivity contribution is 5.83. The van der Waals surface area contributed by atoms with Gasteiger partial charge in [0.05, 0.1) is 0 Å². The highest BCUT2D eigenvalue weighted by Crippen LogP contribution is 2.63. The van der Waals surface area contributed by atoms with Crippen LogP contribution >= 0.6 is 0 Å². The van der Waals surface area contributed by atoms with Crippen LogP contribution in [0.1, 0.15) is 44.6 Å². The van der Waals surface area contributed by atoms with Gasteiger partial charge in [-0.1, -0.05) is 43.2 Å². The second-order valence-corrected chi connectivity index (χ2v) is 8.92. The fourth-order valence-corrected chi connectivity index (χ4v) is 5.89. The van der Waals surface area contributed by atoms with E-state index in [2.05, 4.69) is 28.9 Å². The zero-order valence-corrected chi connectivity index (χ0v) is 15.8. The molecular formula is C22H30N2O2. The van der Waals surface area contributed by atoms with E-state index in [-0.39, 0.29) is 11.6 Å². The summed E-state index contributed by atoms with van der Waals surface area (Å²) in [4.78, 5) is 18.5. The first-order valence-corrected chi connectivity index (χ1v) is 10.4. The van der Waals surface area contributed by atoms with Crippen LogP contribution in [0, 0.1) is 11.8 Å². The van der Waals surface area contributed by atoms with Crippen molar-refractivity contribution in [3.05, 3.63) is 35.9 Å².